The van der Waals surface area contributed by atoms with Crippen molar-refractivity contribution in [3.8, 4) is 117 Å². The third-order valence-electron chi connectivity index (χ3n) is 21.7. The molecule has 0 fully saturated rings. The topological polar surface area (TPSA) is 146 Å². The van der Waals surface area contributed by atoms with Crippen LogP contribution in [0.25, 0.3) is 213 Å². The van der Waals surface area contributed by atoms with Crippen LogP contribution in [0.15, 0.2) is 329 Å². The van der Waals surface area contributed by atoms with Gasteiger partial charge in [0.1, 0.15) is 17.5 Å². The minimum Gasteiger partial charge on any atom is -0.346 e. The van der Waals surface area contributed by atoms with Crippen LogP contribution in [0.3, 0.4) is 0 Å². The minimum atomic E-state index is 0. The van der Waals surface area contributed by atoms with Gasteiger partial charge in [-0.15, -0.1) is 161 Å². The maximum atomic E-state index is 5.11. The standard InChI is InChI=1S/3C34H21N5S.3Pt/c1-38-19-18-36-33(38)27-11-7-14-31-32(27)37-34(40-31)23-15-16-26-25-10-2-3-13-29(25)39(30(26)21-23)24-9-6-8-22(20-24)28-12-4-5-17-35-28;1-38-18-17-36-33(38)23-13-15-29-32(21-23)40-34(37-29)24-12-14-27-26-9-2-3-11-30(26)39(31(27)20-24)25-8-6-7-22(19-25)28-10-4-5-16-35-28;1-38-18-17-36-33(38)23-13-15-32-29(20-23)37-34(40-32)24-12-14-27-26-9-2-3-11-30(26)39(31(27)21-24)25-8-6-7-22(19-25)28-10-4-5-16-35-28;;;/h2-19H,1H3;2-18,21H,1H3;2-18,20H,1H3;;;/q3*-2;3*+2. The van der Waals surface area contributed by atoms with Crippen molar-refractivity contribution < 1.29 is 63.2 Å². The fraction of sp³-hybridized carbons (Fsp3) is 0.0294. The molecule has 21 heteroatoms. The summed E-state index contributed by atoms with van der Waals surface area (Å²) in [5.41, 5.74) is 23.7. The van der Waals surface area contributed by atoms with Gasteiger partial charge in [0.2, 0.25) is 0 Å². The molecule has 0 saturated carbocycles. The Labute approximate surface area is 761 Å². The Bertz CT molecular complexity index is 7760. The summed E-state index contributed by atoms with van der Waals surface area (Å²) in [7, 11) is 6.03. The molecule has 0 unspecified atom stereocenters. The Morgan fingerprint density at radius 1 is 0.268 bits per heavy atom. The quantitative estimate of drug-likeness (QED) is 0.109. The maximum Gasteiger partial charge on any atom is 2.00 e. The second-order valence-electron chi connectivity index (χ2n) is 29.1. The number of aromatic nitrogens is 15. The molecule has 24 aromatic rings. The molecule has 123 heavy (non-hydrogen) atoms. The van der Waals surface area contributed by atoms with Crippen molar-refractivity contribution >= 4 is 130 Å². The van der Waals surface area contributed by atoms with Crippen LogP contribution in [0.4, 0.5) is 0 Å². The summed E-state index contributed by atoms with van der Waals surface area (Å²) in [5, 5.41) is 9.80. The number of hydrogen-bond acceptors (Lipinski definition) is 12. The molecule has 0 saturated heterocycles. The van der Waals surface area contributed by atoms with Gasteiger partial charge in [0.15, 0.2) is 0 Å². The molecular weight excluding hydrogens is 2120 g/mol. The number of imidazole rings is 3. The van der Waals surface area contributed by atoms with Crippen molar-refractivity contribution in [2.45, 2.75) is 0 Å². The second kappa shape index (κ2) is 33.7. The molecule has 12 heterocycles. The zero-order valence-electron chi connectivity index (χ0n) is 65.6. The summed E-state index contributed by atoms with van der Waals surface area (Å²) < 4.78 is 16.2. The van der Waals surface area contributed by atoms with E-state index in [1.807, 2.05) is 145 Å². The first-order valence-electron chi connectivity index (χ1n) is 39.0. The largest absolute Gasteiger partial charge is 2.00 e. The van der Waals surface area contributed by atoms with Crippen LogP contribution in [0.5, 0.6) is 0 Å². The van der Waals surface area contributed by atoms with Crippen LogP contribution in [0.2, 0.25) is 0 Å². The Morgan fingerprint density at radius 2 is 0.659 bits per heavy atom. The van der Waals surface area contributed by atoms with Crippen LogP contribution in [-0.2, 0) is 84.3 Å². The fourth-order valence-electron chi connectivity index (χ4n) is 16.1. The fourth-order valence-corrected chi connectivity index (χ4v) is 19.0. The van der Waals surface area contributed by atoms with Gasteiger partial charge in [0, 0.05) is 139 Å². The molecule has 0 N–H and O–H groups in total. The van der Waals surface area contributed by atoms with Crippen LogP contribution < -0.4 is 0 Å². The number of thiazole rings is 3. The molecule has 12 aromatic heterocycles. The number of fused-ring (bicyclic) bond motifs is 12. The SMILES string of the molecule is Cn1ccnc1-c1ccc2nc(-c3[c-]c4c(cc3)c3ccccc3n4-c3[c-]c(-c4ccccn4)ccc3)sc2c1.Cn1ccnc1-c1ccc2sc(-c3[c-]c4c(cc3)c3ccccc3n4-c3[c-]c(-c4ccccn4)ccc3)nc2c1.Cn1ccnc1-c1cccc2sc(-c3[c-]c4c(cc3)c3ccccc3n4-c3[c-]c(-c4ccccn4)ccc3)nc12.[Pt+2].[Pt+2].[Pt+2]. The Morgan fingerprint density at radius 3 is 1.10 bits per heavy atom. The molecule has 15 nitrogen and oxygen atoms in total. The number of hydrogen-bond donors (Lipinski definition) is 0. The summed E-state index contributed by atoms with van der Waals surface area (Å²) in [6, 6.07) is 116. The van der Waals surface area contributed by atoms with E-state index < -0.39 is 0 Å². The molecule has 0 radical (unpaired) electrons. The van der Waals surface area contributed by atoms with Gasteiger partial charge < -0.3 is 42.4 Å². The number of aryl methyl sites for hydroxylation is 3. The summed E-state index contributed by atoms with van der Waals surface area (Å²) in [6.45, 7) is 0. The van der Waals surface area contributed by atoms with Gasteiger partial charge in [-0.3, -0.25) is 15.0 Å². The molecule has 0 aliphatic rings. The van der Waals surface area contributed by atoms with E-state index in [9.17, 15) is 0 Å². The van der Waals surface area contributed by atoms with E-state index >= 15 is 0 Å². The van der Waals surface area contributed by atoms with Crippen molar-refractivity contribution in [2.75, 3.05) is 0 Å². The van der Waals surface area contributed by atoms with E-state index in [0.29, 0.717) is 0 Å². The van der Waals surface area contributed by atoms with Crippen molar-refractivity contribution in [3.63, 3.8) is 0 Å². The predicted octanol–water partition coefficient (Wildman–Crippen LogP) is 24.4. The zero-order valence-corrected chi connectivity index (χ0v) is 74.8. The third-order valence-corrected chi connectivity index (χ3v) is 24.9. The second-order valence-corrected chi connectivity index (χ2v) is 32.2. The van der Waals surface area contributed by atoms with E-state index in [1.54, 1.807) is 34.0 Å². The first-order chi connectivity index (χ1) is 59.2. The van der Waals surface area contributed by atoms with Crippen LogP contribution >= 0.6 is 34.0 Å². The molecule has 24 rings (SSSR count). The Kier molecular flexibility index (Phi) is 21.8. The van der Waals surface area contributed by atoms with Gasteiger partial charge in [0.05, 0.1) is 16.6 Å². The molecule has 0 spiro atoms. The number of benzene rings is 12. The van der Waals surface area contributed by atoms with Gasteiger partial charge in [-0.1, -0.05) is 113 Å². The van der Waals surface area contributed by atoms with Crippen LogP contribution in [-0.4, -0.2) is 72.3 Å². The van der Waals surface area contributed by atoms with E-state index in [-0.39, 0.29) is 63.2 Å². The molecule has 594 valence electrons. The minimum absolute atomic E-state index is 0. The normalized spacial score (nSPS) is 11.3. The van der Waals surface area contributed by atoms with Crippen molar-refractivity contribution in [3.05, 3.63) is 365 Å². The van der Waals surface area contributed by atoms with Crippen molar-refractivity contribution in [1.29, 1.82) is 0 Å². The molecule has 0 aliphatic carbocycles. The molecule has 0 amide bonds. The van der Waals surface area contributed by atoms with Crippen molar-refractivity contribution in [1.82, 2.24) is 72.3 Å². The van der Waals surface area contributed by atoms with E-state index in [0.717, 1.165) is 197 Å². The summed E-state index contributed by atoms with van der Waals surface area (Å²) in [5.74, 6) is 2.78. The molecule has 0 atom stereocenters. The molecular formula is C102H63N15Pt3S3. The van der Waals surface area contributed by atoms with Gasteiger partial charge in [0.25, 0.3) is 0 Å². The molecule has 0 bridgehead atoms. The molecule has 12 aromatic carbocycles. The summed E-state index contributed by atoms with van der Waals surface area (Å²) >= 11 is 5.04. The van der Waals surface area contributed by atoms with Crippen molar-refractivity contribution in [2.24, 2.45) is 21.1 Å². The number of para-hydroxylation sites is 4. The Balaban J connectivity index is 0.000000120. The Hall–Kier alpha value is -13.1. The van der Waals surface area contributed by atoms with E-state index in [2.05, 4.69) is 298 Å². The maximum absolute atomic E-state index is 5.11. The average molecular weight is 2180 g/mol. The monoisotopic (exact) mass is 2180 g/mol. The number of nitrogens with zero attached hydrogens (tertiary/aromatic N) is 15. The predicted molar refractivity (Wildman–Crippen MR) is 488 cm³/mol. The van der Waals surface area contributed by atoms with Gasteiger partial charge >= 0.3 is 63.2 Å². The van der Waals surface area contributed by atoms with E-state index in [4.69, 9.17) is 15.0 Å². The number of pyridine rings is 3. The van der Waals surface area contributed by atoms with E-state index in [1.165, 1.54) is 16.2 Å². The number of rotatable bonds is 12. The van der Waals surface area contributed by atoms with Crippen LogP contribution in [0.1, 0.15) is 0 Å². The molecule has 0 aliphatic heterocycles. The third kappa shape index (κ3) is 14.7. The summed E-state index contributed by atoms with van der Waals surface area (Å²) in [4.78, 5) is 42.3. The summed E-state index contributed by atoms with van der Waals surface area (Å²) in [6.07, 6.45) is 16.8. The van der Waals surface area contributed by atoms with Crippen LogP contribution in [0, 0.1) is 36.4 Å². The van der Waals surface area contributed by atoms with Gasteiger partial charge in [-0.25, -0.2) is 15.0 Å². The van der Waals surface area contributed by atoms with Gasteiger partial charge in [-0.2, -0.15) is 34.0 Å². The zero-order chi connectivity index (χ0) is 79.9. The first kappa shape index (κ1) is 79.6. The smallest absolute Gasteiger partial charge is 0.346 e. The first-order valence-corrected chi connectivity index (χ1v) is 41.5. The van der Waals surface area contributed by atoms with Gasteiger partial charge in [-0.05, 0) is 152 Å². The average Bonchev–Trinajstić information content (AvgIpc) is 1.58.